The van der Waals surface area contributed by atoms with Gasteiger partial charge in [0.1, 0.15) is 16.7 Å². The van der Waals surface area contributed by atoms with Crippen molar-refractivity contribution in [3.05, 3.63) is 17.7 Å². The van der Waals surface area contributed by atoms with Crippen LogP contribution in [0.4, 0.5) is 20.4 Å². The van der Waals surface area contributed by atoms with Crippen molar-refractivity contribution in [2.75, 3.05) is 30.4 Å². The van der Waals surface area contributed by atoms with E-state index < -0.39 is 23.3 Å². The summed E-state index contributed by atoms with van der Waals surface area (Å²) in [6, 6.07) is 3.29. The van der Waals surface area contributed by atoms with Crippen LogP contribution >= 0.6 is 11.3 Å². The lowest BCUT2D eigenvalue weighted by Crippen LogP contribution is -2.59. The Hall–Kier alpha value is -3.08. The molecule has 11 heteroatoms. The fourth-order valence-corrected chi connectivity index (χ4v) is 5.17. The standard InChI is InChI=1S/C25H36N4O6S/c1-14-12-28(13-15(2)29(14)23(32)35-25(6,7)8)17-11-10-16(20(30)33-9)18-19(17)36-21(26-18)27-22(31)34-24(3,4)5/h10-11,14-15H,12-13H2,1-9H3,(H,26,27,31)/t14-,15?/m0/s1. The maximum Gasteiger partial charge on any atom is 0.413 e. The van der Waals surface area contributed by atoms with Crippen molar-refractivity contribution in [3.8, 4) is 0 Å². The summed E-state index contributed by atoms with van der Waals surface area (Å²) in [5.41, 5.74) is 0.353. The van der Waals surface area contributed by atoms with Gasteiger partial charge in [-0.3, -0.25) is 10.2 Å². The number of carbonyl (C=O) groups is 3. The molecule has 2 amide bonds. The summed E-state index contributed by atoms with van der Waals surface area (Å²) in [7, 11) is 1.31. The zero-order chi connectivity index (χ0) is 27.0. The van der Waals surface area contributed by atoms with Crippen LogP contribution < -0.4 is 10.2 Å². The first-order valence-corrected chi connectivity index (χ1v) is 12.7. The highest BCUT2D eigenvalue weighted by Crippen LogP contribution is 2.38. The Bertz CT molecular complexity index is 1140. The van der Waals surface area contributed by atoms with Crippen LogP contribution in [0.15, 0.2) is 12.1 Å². The maximum absolute atomic E-state index is 12.8. The fourth-order valence-electron chi connectivity index (χ4n) is 4.16. The number of benzene rings is 1. The van der Waals surface area contributed by atoms with E-state index in [2.05, 4.69) is 15.2 Å². The molecule has 3 rings (SSSR count). The second-order valence-electron chi connectivity index (χ2n) is 10.9. The van der Waals surface area contributed by atoms with E-state index in [9.17, 15) is 14.4 Å². The first-order chi connectivity index (χ1) is 16.6. The highest BCUT2D eigenvalue weighted by molar-refractivity contribution is 7.23. The largest absolute Gasteiger partial charge is 0.465 e. The predicted octanol–water partition coefficient (Wildman–Crippen LogP) is 5.26. The number of piperazine rings is 1. The molecule has 0 saturated carbocycles. The SMILES string of the molecule is COC(=O)c1ccc(N2CC(C)N(C(=O)OC(C)(C)C)[C@@H](C)C2)c2sc(NC(=O)OC(C)(C)C)nc12. The number of nitrogens with zero attached hydrogens (tertiary/aromatic N) is 3. The maximum atomic E-state index is 12.8. The molecule has 36 heavy (non-hydrogen) atoms. The van der Waals surface area contributed by atoms with E-state index in [1.54, 1.807) is 31.7 Å². The third kappa shape index (κ3) is 6.37. The number of fused-ring (bicyclic) bond motifs is 1. The Morgan fingerprint density at radius 2 is 1.58 bits per heavy atom. The predicted molar refractivity (Wildman–Crippen MR) is 140 cm³/mol. The van der Waals surface area contributed by atoms with Gasteiger partial charge in [0.05, 0.1) is 35.1 Å². The van der Waals surface area contributed by atoms with E-state index in [4.69, 9.17) is 14.2 Å². The summed E-state index contributed by atoms with van der Waals surface area (Å²) < 4.78 is 16.6. The van der Waals surface area contributed by atoms with Crippen LogP contribution in [0.2, 0.25) is 0 Å². The Balaban J connectivity index is 1.94. The highest BCUT2D eigenvalue weighted by Gasteiger charge is 2.36. The summed E-state index contributed by atoms with van der Waals surface area (Å²) in [5, 5.41) is 2.98. The molecule has 10 nitrogen and oxygen atoms in total. The van der Waals surface area contributed by atoms with Crippen molar-refractivity contribution in [1.29, 1.82) is 0 Å². The van der Waals surface area contributed by atoms with Crippen molar-refractivity contribution in [3.63, 3.8) is 0 Å². The number of esters is 1. The Morgan fingerprint density at radius 1 is 1.00 bits per heavy atom. The molecule has 1 aromatic carbocycles. The molecule has 1 aliphatic heterocycles. The van der Waals surface area contributed by atoms with Crippen LogP contribution in [0.25, 0.3) is 10.2 Å². The van der Waals surface area contributed by atoms with Crippen molar-refractivity contribution in [1.82, 2.24) is 9.88 Å². The lowest BCUT2D eigenvalue weighted by Gasteiger charge is -2.45. The Labute approximate surface area is 215 Å². The van der Waals surface area contributed by atoms with E-state index >= 15 is 0 Å². The van der Waals surface area contributed by atoms with Crippen molar-refractivity contribution in [2.24, 2.45) is 0 Å². The zero-order valence-corrected chi connectivity index (χ0v) is 23.2. The van der Waals surface area contributed by atoms with Crippen molar-refractivity contribution in [2.45, 2.75) is 78.7 Å². The third-order valence-electron chi connectivity index (χ3n) is 5.40. The van der Waals surface area contributed by atoms with Crippen molar-refractivity contribution < 1.29 is 28.6 Å². The first kappa shape index (κ1) is 27.5. The molecule has 1 fully saturated rings. The zero-order valence-electron chi connectivity index (χ0n) is 22.4. The lowest BCUT2D eigenvalue weighted by atomic mass is 10.1. The summed E-state index contributed by atoms with van der Waals surface area (Å²) in [6.45, 7) is 16.0. The van der Waals surface area contributed by atoms with Gasteiger partial charge >= 0.3 is 18.2 Å². The average molecular weight is 521 g/mol. The topological polar surface area (TPSA) is 110 Å². The molecule has 1 unspecified atom stereocenters. The molecule has 2 aromatic rings. The number of hydrogen-bond acceptors (Lipinski definition) is 9. The summed E-state index contributed by atoms with van der Waals surface area (Å²) in [4.78, 5) is 46.0. The highest BCUT2D eigenvalue weighted by atomic mass is 32.1. The molecule has 198 valence electrons. The minimum Gasteiger partial charge on any atom is -0.465 e. The molecule has 0 aliphatic carbocycles. The summed E-state index contributed by atoms with van der Waals surface area (Å²) in [5.74, 6) is -0.517. The fraction of sp³-hybridized carbons (Fsp3) is 0.600. The molecule has 0 spiro atoms. The van der Waals surface area contributed by atoms with Gasteiger partial charge in [-0.15, -0.1) is 0 Å². The molecule has 1 aromatic heterocycles. The number of rotatable bonds is 3. The Morgan fingerprint density at radius 3 is 2.11 bits per heavy atom. The molecule has 2 atom stereocenters. The van der Waals surface area contributed by atoms with E-state index in [0.717, 1.165) is 10.4 Å². The molecule has 0 radical (unpaired) electrons. The second-order valence-corrected chi connectivity index (χ2v) is 11.9. The molecule has 1 saturated heterocycles. The van der Waals surface area contributed by atoms with E-state index in [0.29, 0.717) is 29.3 Å². The van der Waals surface area contributed by atoms with Gasteiger partial charge in [-0.05, 0) is 67.5 Å². The first-order valence-electron chi connectivity index (χ1n) is 11.9. The van der Waals surface area contributed by atoms with Gasteiger partial charge < -0.3 is 19.1 Å². The van der Waals surface area contributed by atoms with Gasteiger partial charge in [0, 0.05) is 13.1 Å². The van der Waals surface area contributed by atoms with Gasteiger partial charge in [0.15, 0.2) is 5.13 Å². The van der Waals surface area contributed by atoms with E-state index in [1.807, 2.05) is 40.7 Å². The van der Waals surface area contributed by atoms with Crippen LogP contribution in [-0.4, -0.2) is 71.5 Å². The number of methoxy groups -OCH3 is 1. The number of ether oxygens (including phenoxy) is 3. The minimum atomic E-state index is -0.663. The Kier molecular flexibility index (Phi) is 7.73. The third-order valence-corrected chi connectivity index (χ3v) is 6.39. The van der Waals surface area contributed by atoms with Gasteiger partial charge in [-0.2, -0.15) is 0 Å². The van der Waals surface area contributed by atoms with Crippen LogP contribution in [0.5, 0.6) is 0 Å². The quantitative estimate of drug-likeness (QED) is 0.431. The number of aromatic nitrogens is 1. The number of amides is 2. The van der Waals surface area contributed by atoms with Gasteiger partial charge in [0.25, 0.3) is 0 Å². The number of carbonyl (C=O) groups excluding carboxylic acids is 3. The lowest BCUT2D eigenvalue weighted by molar-refractivity contribution is 0.00564. The minimum absolute atomic E-state index is 0.119. The number of nitrogens with one attached hydrogen (secondary N) is 1. The summed E-state index contributed by atoms with van der Waals surface area (Å²) >= 11 is 1.25. The number of anilines is 2. The normalized spacial score (nSPS) is 18.7. The van der Waals surface area contributed by atoms with Crippen LogP contribution in [0.3, 0.4) is 0 Å². The van der Waals surface area contributed by atoms with Crippen LogP contribution in [-0.2, 0) is 14.2 Å². The van der Waals surface area contributed by atoms with Crippen LogP contribution in [0.1, 0.15) is 65.7 Å². The van der Waals surface area contributed by atoms with E-state index in [1.165, 1.54) is 18.4 Å². The van der Waals surface area contributed by atoms with Gasteiger partial charge in [-0.25, -0.2) is 19.4 Å². The molecule has 0 bridgehead atoms. The van der Waals surface area contributed by atoms with Gasteiger partial charge in [-0.1, -0.05) is 11.3 Å². The molecule has 1 aliphatic rings. The average Bonchev–Trinajstić information content (AvgIpc) is 3.12. The van der Waals surface area contributed by atoms with Gasteiger partial charge in [0.2, 0.25) is 0 Å². The summed E-state index contributed by atoms with van der Waals surface area (Å²) in [6.07, 6.45) is -0.967. The molecule has 1 N–H and O–H groups in total. The monoisotopic (exact) mass is 520 g/mol. The van der Waals surface area contributed by atoms with Crippen molar-refractivity contribution >= 4 is 50.5 Å². The molecule has 2 heterocycles. The number of hydrogen-bond donors (Lipinski definition) is 1. The number of thiazole rings is 1. The van der Waals surface area contributed by atoms with E-state index in [-0.39, 0.29) is 18.2 Å². The molecular formula is C25H36N4O6S. The molecular weight excluding hydrogens is 484 g/mol. The second kappa shape index (κ2) is 10.1. The smallest absolute Gasteiger partial charge is 0.413 e. The van der Waals surface area contributed by atoms with Crippen LogP contribution in [0, 0.1) is 0 Å².